The van der Waals surface area contributed by atoms with E-state index in [1.807, 2.05) is 31.1 Å². The number of nitrogens with zero attached hydrogens (tertiary/aromatic N) is 5. The van der Waals surface area contributed by atoms with Crippen molar-refractivity contribution in [3.63, 3.8) is 0 Å². The molecular formula is C22H23N5O2. The zero-order chi connectivity index (χ0) is 20.5. The van der Waals surface area contributed by atoms with Crippen LogP contribution in [-0.4, -0.2) is 51.5 Å². The first kappa shape index (κ1) is 18.9. The Morgan fingerprint density at radius 3 is 2.62 bits per heavy atom. The standard InChI is InChI=1S/C22H23N5O2/c1-14-5-4-6-17(19(14)28)22(29)27-12-9-16-18(13-27)24-20(25-21(16)26(2)3)15-7-10-23-11-8-15/h4-8,10-11,28H,9,12-13H2,1-3H3. The summed E-state index contributed by atoms with van der Waals surface area (Å²) in [6, 6.07) is 8.98. The fraction of sp³-hybridized carbons (Fsp3) is 0.273. The van der Waals surface area contributed by atoms with Gasteiger partial charge >= 0.3 is 0 Å². The van der Waals surface area contributed by atoms with Gasteiger partial charge in [-0.2, -0.15) is 0 Å². The lowest BCUT2D eigenvalue weighted by Crippen LogP contribution is -2.37. The Morgan fingerprint density at radius 2 is 1.90 bits per heavy atom. The molecule has 29 heavy (non-hydrogen) atoms. The molecule has 1 aromatic carbocycles. The first-order valence-corrected chi connectivity index (χ1v) is 9.51. The van der Waals surface area contributed by atoms with E-state index in [-0.39, 0.29) is 11.7 Å². The summed E-state index contributed by atoms with van der Waals surface area (Å²) in [5, 5.41) is 10.3. The molecule has 0 atom stereocenters. The molecule has 0 radical (unpaired) electrons. The van der Waals surface area contributed by atoms with Crippen LogP contribution in [0.3, 0.4) is 0 Å². The first-order valence-electron chi connectivity index (χ1n) is 9.51. The third-order valence-electron chi connectivity index (χ3n) is 5.16. The number of carbonyl (C=O) groups excluding carboxylic acids is 1. The predicted octanol–water partition coefficient (Wildman–Crippen LogP) is 2.82. The summed E-state index contributed by atoms with van der Waals surface area (Å²) in [7, 11) is 3.92. The second-order valence-electron chi connectivity index (χ2n) is 7.37. The van der Waals surface area contributed by atoms with Gasteiger partial charge in [-0.15, -0.1) is 0 Å². The van der Waals surface area contributed by atoms with Gasteiger partial charge in [-0.3, -0.25) is 9.78 Å². The van der Waals surface area contributed by atoms with Crippen molar-refractivity contribution in [1.29, 1.82) is 0 Å². The molecular weight excluding hydrogens is 366 g/mol. The summed E-state index contributed by atoms with van der Waals surface area (Å²) in [6.45, 7) is 2.72. The van der Waals surface area contributed by atoms with Crippen LogP contribution in [0.1, 0.15) is 27.2 Å². The maximum absolute atomic E-state index is 13.1. The average Bonchev–Trinajstić information content (AvgIpc) is 2.74. The summed E-state index contributed by atoms with van der Waals surface area (Å²) >= 11 is 0. The minimum absolute atomic E-state index is 0.0393. The number of aromatic nitrogens is 3. The molecule has 7 nitrogen and oxygen atoms in total. The molecule has 0 saturated carbocycles. The van der Waals surface area contributed by atoms with Gasteiger partial charge in [0.25, 0.3) is 5.91 Å². The Bertz CT molecular complexity index is 1070. The summed E-state index contributed by atoms with van der Waals surface area (Å²) in [5.74, 6) is 1.33. The number of amides is 1. The average molecular weight is 389 g/mol. The molecule has 0 saturated heterocycles. The topological polar surface area (TPSA) is 82.5 Å². The van der Waals surface area contributed by atoms with Gasteiger partial charge < -0.3 is 14.9 Å². The van der Waals surface area contributed by atoms with Crippen LogP contribution < -0.4 is 4.90 Å². The Morgan fingerprint density at radius 1 is 1.14 bits per heavy atom. The highest BCUT2D eigenvalue weighted by Gasteiger charge is 2.28. The molecule has 0 fully saturated rings. The van der Waals surface area contributed by atoms with Gasteiger partial charge in [-0.05, 0) is 37.1 Å². The number of rotatable bonds is 3. The monoisotopic (exact) mass is 389 g/mol. The lowest BCUT2D eigenvalue weighted by atomic mass is 10.0. The largest absolute Gasteiger partial charge is 0.507 e. The molecule has 0 spiro atoms. The quantitative estimate of drug-likeness (QED) is 0.742. The van der Waals surface area contributed by atoms with Gasteiger partial charge in [0.05, 0.1) is 17.8 Å². The molecule has 0 bridgehead atoms. The Balaban J connectivity index is 1.72. The lowest BCUT2D eigenvalue weighted by Gasteiger charge is -2.31. The first-order chi connectivity index (χ1) is 14.0. The Kier molecular flexibility index (Phi) is 4.88. The van der Waals surface area contributed by atoms with Crippen LogP contribution in [0.15, 0.2) is 42.7 Å². The number of benzene rings is 1. The van der Waals surface area contributed by atoms with Crippen molar-refractivity contribution in [1.82, 2.24) is 19.9 Å². The molecule has 7 heteroatoms. The molecule has 4 rings (SSSR count). The fourth-order valence-electron chi connectivity index (χ4n) is 3.59. The van der Waals surface area contributed by atoms with Gasteiger partial charge in [-0.25, -0.2) is 9.97 Å². The summed E-state index contributed by atoms with van der Waals surface area (Å²) in [4.78, 5) is 30.4. The van der Waals surface area contributed by atoms with Gasteiger partial charge in [0.15, 0.2) is 5.82 Å². The minimum atomic E-state index is -0.188. The van der Waals surface area contributed by atoms with E-state index >= 15 is 0 Å². The normalized spacial score (nSPS) is 13.1. The third kappa shape index (κ3) is 3.51. The maximum atomic E-state index is 13.1. The van der Waals surface area contributed by atoms with Crippen LogP contribution >= 0.6 is 0 Å². The number of hydrogen-bond acceptors (Lipinski definition) is 6. The van der Waals surface area contributed by atoms with E-state index in [0.717, 1.165) is 22.6 Å². The van der Waals surface area contributed by atoms with Crippen LogP contribution in [-0.2, 0) is 13.0 Å². The van der Waals surface area contributed by atoms with Crippen molar-refractivity contribution in [2.45, 2.75) is 19.9 Å². The molecule has 1 amide bonds. The highest BCUT2D eigenvalue weighted by atomic mass is 16.3. The van der Waals surface area contributed by atoms with E-state index in [1.165, 1.54) is 0 Å². The molecule has 1 N–H and O–H groups in total. The number of carbonyl (C=O) groups is 1. The number of para-hydroxylation sites is 1. The summed E-state index contributed by atoms with van der Waals surface area (Å²) < 4.78 is 0. The van der Waals surface area contributed by atoms with Crippen molar-refractivity contribution < 1.29 is 9.90 Å². The van der Waals surface area contributed by atoms with Crippen LogP contribution in [0.25, 0.3) is 11.4 Å². The lowest BCUT2D eigenvalue weighted by molar-refractivity contribution is 0.0728. The minimum Gasteiger partial charge on any atom is -0.507 e. The molecule has 0 unspecified atom stereocenters. The van der Waals surface area contributed by atoms with Crippen LogP contribution in [0.4, 0.5) is 5.82 Å². The molecule has 3 heterocycles. The van der Waals surface area contributed by atoms with Gasteiger partial charge in [0.1, 0.15) is 11.6 Å². The summed E-state index contributed by atoms with van der Waals surface area (Å²) in [6.07, 6.45) is 4.09. The van der Waals surface area contributed by atoms with Crippen molar-refractivity contribution in [3.05, 3.63) is 65.1 Å². The third-order valence-corrected chi connectivity index (χ3v) is 5.16. The molecule has 1 aliphatic rings. The van der Waals surface area contributed by atoms with E-state index in [1.54, 1.807) is 42.4 Å². The zero-order valence-electron chi connectivity index (χ0n) is 16.8. The SMILES string of the molecule is Cc1cccc(C(=O)N2CCc3c(nc(-c4ccncc4)nc3N(C)C)C2)c1O. The number of pyridine rings is 1. The highest BCUT2D eigenvalue weighted by Crippen LogP contribution is 2.30. The number of anilines is 1. The van der Waals surface area contributed by atoms with E-state index in [0.29, 0.717) is 36.5 Å². The Hall–Kier alpha value is -3.48. The smallest absolute Gasteiger partial charge is 0.257 e. The van der Waals surface area contributed by atoms with Crippen molar-refractivity contribution in [2.75, 3.05) is 25.5 Å². The second-order valence-corrected chi connectivity index (χ2v) is 7.37. The van der Waals surface area contributed by atoms with Gasteiger partial charge in [-0.1, -0.05) is 12.1 Å². The number of fused-ring (bicyclic) bond motifs is 1. The summed E-state index contributed by atoms with van der Waals surface area (Å²) in [5.41, 5.74) is 3.79. The van der Waals surface area contributed by atoms with E-state index in [9.17, 15) is 9.90 Å². The van der Waals surface area contributed by atoms with Crippen LogP contribution in [0.2, 0.25) is 0 Å². The maximum Gasteiger partial charge on any atom is 0.257 e. The van der Waals surface area contributed by atoms with Crippen LogP contribution in [0.5, 0.6) is 5.75 Å². The van der Waals surface area contributed by atoms with E-state index in [4.69, 9.17) is 9.97 Å². The second kappa shape index (κ2) is 7.50. The zero-order valence-corrected chi connectivity index (χ0v) is 16.8. The predicted molar refractivity (Wildman–Crippen MR) is 111 cm³/mol. The van der Waals surface area contributed by atoms with Crippen LogP contribution in [0, 0.1) is 6.92 Å². The van der Waals surface area contributed by atoms with Gasteiger partial charge in [0.2, 0.25) is 0 Å². The van der Waals surface area contributed by atoms with E-state index < -0.39 is 0 Å². The Labute approximate surface area is 169 Å². The molecule has 148 valence electrons. The van der Waals surface area contributed by atoms with Crippen molar-refractivity contribution in [3.8, 4) is 17.1 Å². The molecule has 1 aliphatic heterocycles. The number of phenols is 1. The highest BCUT2D eigenvalue weighted by molar-refractivity contribution is 5.97. The number of aryl methyl sites for hydroxylation is 1. The number of aromatic hydroxyl groups is 1. The molecule has 3 aromatic rings. The molecule has 2 aromatic heterocycles. The number of hydrogen-bond donors (Lipinski definition) is 1. The number of phenolic OH excluding ortho intramolecular Hbond substituents is 1. The van der Waals surface area contributed by atoms with Crippen molar-refractivity contribution in [2.24, 2.45) is 0 Å². The molecule has 0 aliphatic carbocycles. The van der Waals surface area contributed by atoms with Gasteiger partial charge in [0, 0.05) is 44.2 Å². The van der Waals surface area contributed by atoms with E-state index in [2.05, 4.69) is 4.98 Å². The fourth-order valence-corrected chi connectivity index (χ4v) is 3.59. The van der Waals surface area contributed by atoms with Crippen molar-refractivity contribution >= 4 is 11.7 Å².